The first kappa shape index (κ1) is 18.2. The third kappa shape index (κ3) is 10.2. The molecule has 116 valence electrons. The van der Waals surface area contributed by atoms with Gasteiger partial charge in [-0.25, -0.2) is 4.79 Å². The fourth-order valence-corrected chi connectivity index (χ4v) is 1.29. The Morgan fingerprint density at radius 2 is 1.80 bits per heavy atom. The van der Waals surface area contributed by atoms with Crippen LogP contribution in [0.25, 0.3) is 0 Å². The molecule has 3 N–H and O–H groups in total. The van der Waals surface area contributed by atoms with Crippen molar-refractivity contribution in [3.05, 3.63) is 0 Å². The Hall–Kier alpha value is -1.79. The van der Waals surface area contributed by atoms with Gasteiger partial charge in [0.25, 0.3) is 0 Å². The molecule has 1 atom stereocenters. The van der Waals surface area contributed by atoms with Crippen LogP contribution in [0.2, 0.25) is 0 Å². The minimum Gasteiger partial charge on any atom is -0.480 e. The van der Waals surface area contributed by atoms with Gasteiger partial charge in [0.1, 0.15) is 11.6 Å². The van der Waals surface area contributed by atoms with Crippen LogP contribution in [-0.4, -0.2) is 41.3 Å². The molecule has 0 fully saturated rings. The van der Waals surface area contributed by atoms with E-state index in [0.717, 1.165) is 0 Å². The third-order valence-corrected chi connectivity index (χ3v) is 2.25. The first-order valence-electron chi connectivity index (χ1n) is 6.61. The van der Waals surface area contributed by atoms with Crippen LogP contribution in [0.15, 0.2) is 0 Å². The second-order valence-electron chi connectivity index (χ2n) is 5.51. The zero-order chi connectivity index (χ0) is 15.8. The van der Waals surface area contributed by atoms with E-state index in [4.69, 9.17) is 9.84 Å². The number of carbonyl (C=O) groups excluding carboxylic acids is 2. The predicted octanol–water partition coefficient (Wildman–Crippen LogP) is 1.27. The van der Waals surface area contributed by atoms with E-state index in [1.165, 1.54) is 6.92 Å². The number of carbonyl (C=O) groups is 3. The van der Waals surface area contributed by atoms with Crippen LogP contribution in [0.5, 0.6) is 0 Å². The molecule has 0 bridgehead atoms. The van der Waals surface area contributed by atoms with Gasteiger partial charge in [-0.15, -0.1) is 0 Å². The summed E-state index contributed by atoms with van der Waals surface area (Å²) >= 11 is 0. The number of carboxylic acids is 1. The first-order chi connectivity index (χ1) is 9.11. The van der Waals surface area contributed by atoms with E-state index in [0.29, 0.717) is 19.4 Å². The van der Waals surface area contributed by atoms with Gasteiger partial charge in [-0.05, 0) is 40.5 Å². The minimum absolute atomic E-state index is 0.230. The fraction of sp³-hybridized carbons (Fsp3) is 0.769. The van der Waals surface area contributed by atoms with Crippen LogP contribution >= 0.6 is 0 Å². The number of amides is 2. The summed E-state index contributed by atoms with van der Waals surface area (Å²) in [5.41, 5.74) is -0.531. The molecule has 20 heavy (non-hydrogen) atoms. The molecular weight excluding hydrogens is 264 g/mol. The van der Waals surface area contributed by atoms with Crippen molar-refractivity contribution in [1.82, 2.24) is 10.6 Å². The summed E-state index contributed by atoms with van der Waals surface area (Å²) in [6.07, 6.45) is 0.928. The Morgan fingerprint density at radius 3 is 2.30 bits per heavy atom. The van der Waals surface area contributed by atoms with Crippen LogP contribution in [0, 0.1) is 0 Å². The van der Waals surface area contributed by atoms with Gasteiger partial charge in [0.15, 0.2) is 0 Å². The Labute approximate surface area is 119 Å². The highest BCUT2D eigenvalue weighted by Crippen LogP contribution is 2.06. The Kier molecular flexibility index (Phi) is 7.64. The largest absolute Gasteiger partial charge is 0.480 e. The Morgan fingerprint density at radius 1 is 1.20 bits per heavy atom. The zero-order valence-electron chi connectivity index (χ0n) is 12.5. The lowest BCUT2D eigenvalue weighted by Crippen LogP contribution is -2.38. The lowest BCUT2D eigenvalue weighted by atomic mass is 10.2. The van der Waals surface area contributed by atoms with Crippen molar-refractivity contribution in [3.8, 4) is 0 Å². The van der Waals surface area contributed by atoms with Crippen molar-refractivity contribution in [2.75, 3.05) is 6.54 Å². The summed E-state index contributed by atoms with van der Waals surface area (Å²) in [4.78, 5) is 33.2. The molecule has 0 aliphatic heterocycles. The van der Waals surface area contributed by atoms with E-state index in [9.17, 15) is 14.4 Å². The van der Waals surface area contributed by atoms with Gasteiger partial charge in [-0.3, -0.25) is 9.59 Å². The standard InChI is InChI=1S/C13H24N2O5/c1-9(11(17)18)15-10(16)7-5-6-8-14-12(19)20-13(2,3)4/h9H,5-8H2,1-4H3,(H,14,19)(H,15,16)(H,17,18)/t9-/m0/s1. The maximum absolute atomic E-state index is 11.4. The summed E-state index contributed by atoms with van der Waals surface area (Å²) in [5.74, 6) is -1.37. The number of alkyl carbamates (subject to hydrolysis) is 1. The van der Waals surface area contributed by atoms with Gasteiger partial charge in [0.05, 0.1) is 0 Å². The molecule has 0 saturated carbocycles. The summed E-state index contributed by atoms with van der Waals surface area (Å²) in [6, 6.07) is -0.887. The number of ether oxygens (including phenoxy) is 1. The molecule has 0 saturated heterocycles. The molecule has 0 aromatic rings. The van der Waals surface area contributed by atoms with Gasteiger partial charge < -0.3 is 20.5 Å². The molecule has 0 aliphatic carbocycles. The van der Waals surface area contributed by atoms with Crippen LogP contribution in [-0.2, 0) is 14.3 Å². The predicted molar refractivity (Wildman–Crippen MR) is 73.3 cm³/mol. The number of aliphatic carboxylic acids is 1. The van der Waals surface area contributed by atoms with Crippen molar-refractivity contribution >= 4 is 18.0 Å². The molecular formula is C13H24N2O5. The normalized spacial score (nSPS) is 12.4. The van der Waals surface area contributed by atoms with Crippen LogP contribution < -0.4 is 10.6 Å². The van der Waals surface area contributed by atoms with Gasteiger partial charge >= 0.3 is 12.1 Å². The highest BCUT2D eigenvalue weighted by atomic mass is 16.6. The van der Waals surface area contributed by atoms with Crippen molar-refractivity contribution in [2.24, 2.45) is 0 Å². The van der Waals surface area contributed by atoms with Gasteiger partial charge in [-0.1, -0.05) is 0 Å². The first-order valence-corrected chi connectivity index (χ1v) is 6.61. The quantitative estimate of drug-likeness (QED) is 0.612. The fourth-order valence-electron chi connectivity index (χ4n) is 1.29. The third-order valence-electron chi connectivity index (χ3n) is 2.25. The second kappa shape index (κ2) is 8.39. The zero-order valence-corrected chi connectivity index (χ0v) is 12.5. The maximum Gasteiger partial charge on any atom is 0.407 e. The lowest BCUT2D eigenvalue weighted by molar-refractivity contribution is -0.141. The molecule has 0 spiro atoms. The average molecular weight is 288 g/mol. The Bertz CT molecular complexity index is 349. The van der Waals surface area contributed by atoms with Crippen molar-refractivity contribution < 1.29 is 24.2 Å². The monoisotopic (exact) mass is 288 g/mol. The van der Waals surface area contributed by atoms with Crippen LogP contribution in [0.1, 0.15) is 47.0 Å². The van der Waals surface area contributed by atoms with Gasteiger partial charge in [0, 0.05) is 13.0 Å². The SMILES string of the molecule is C[C@H](NC(=O)CCCCNC(=O)OC(C)(C)C)C(=O)O. The average Bonchev–Trinajstić information content (AvgIpc) is 2.25. The highest BCUT2D eigenvalue weighted by molar-refractivity contribution is 5.83. The number of unbranched alkanes of at least 4 members (excludes halogenated alkanes) is 1. The summed E-state index contributed by atoms with van der Waals surface area (Å²) in [7, 11) is 0. The summed E-state index contributed by atoms with van der Waals surface area (Å²) in [5, 5.41) is 13.6. The van der Waals surface area contributed by atoms with E-state index in [-0.39, 0.29) is 12.3 Å². The van der Waals surface area contributed by atoms with E-state index in [1.807, 2.05) is 0 Å². The van der Waals surface area contributed by atoms with E-state index < -0.39 is 23.7 Å². The van der Waals surface area contributed by atoms with Crippen LogP contribution in [0.4, 0.5) is 4.79 Å². The smallest absolute Gasteiger partial charge is 0.407 e. The number of hydrogen-bond donors (Lipinski definition) is 3. The minimum atomic E-state index is -1.06. The molecule has 0 aromatic heterocycles. The topological polar surface area (TPSA) is 105 Å². The molecule has 0 aliphatic rings. The van der Waals surface area contributed by atoms with Gasteiger partial charge in [-0.2, -0.15) is 0 Å². The lowest BCUT2D eigenvalue weighted by Gasteiger charge is -2.19. The molecule has 0 radical (unpaired) electrons. The maximum atomic E-state index is 11.4. The number of rotatable bonds is 7. The van der Waals surface area contributed by atoms with Crippen molar-refractivity contribution in [2.45, 2.75) is 58.6 Å². The molecule has 0 aromatic carbocycles. The number of hydrogen-bond acceptors (Lipinski definition) is 4. The Balaban J connectivity index is 3.65. The van der Waals surface area contributed by atoms with Crippen molar-refractivity contribution in [1.29, 1.82) is 0 Å². The molecule has 7 nitrogen and oxygen atoms in total. The second-order valence-corrected chi connectivity index (χ2v) is 5.51. The molecule has 0 heterocycles. The molecule has 7 heteroatoms. The molecule has 0 rings (SSSR count). The summed E-state index contributed by atoms with van der Waals surface area (Å²) in [6.45, 7) is 7.16. The highest BCUT2D eigenvalue weighted by Gasteiger charge is 2.16. The molecule has 0 unspecified atom stereocenters. The van der Waals surface area contributed by atoms with Crippen LogP contribution in [0.3, 0.4) is 0 Å². The van der Waals surface area contributed by atoms with E-state index in [2.05, 4.69) is 10.6 Å². The van der Waals surface area contributed by atoms with Crippen molar-refractivity contribution in [3.63, 3.8) is 0 Å². The summed E-state index contributed by atoms with van der Waals surface area (Å²) < 4.78 is 5.05. The van der Waals surface area contributed by atoms with Gasteiger partial charge in [0.2, 0.25) is 5.91 Å². The molecule has 2 amide bonds. The van der Waals surface area contributed by atoms with E-state index in [1.54, 1.807) is 20.8 Å². The number of nitrogens with one attached hydrogen (secondary N) is 2. The van der Waals surface area contributed by atoms with E-state index >= 15 is 0 Å². The number of carboxylic acid groups (broad SMARTS) is 1.